The van der Waals surface area contributed by atoms with Gasteiger partial charge in [-0.25, -0.2) is 9.78 Å². The van der Waals surface area contributed by atoms with Crippen LogP contribution in [0.15, 0.2) is 24.3 Å². The summed E-state index contributed by atoms with van der Waals surface area (Å²) in [7, 11) is 0. The van der Waals surface area contributed by atoms with E-state index in [0.717, 1.165) is 31.9 Å². The Balaban J connectivity index is 2.18. The Morgan fingerprint density at radius 2 is 2.05 bits per heavy atom. The molecule has 20 heavy (non-hydrogen) atoms. The van der Waals surface area contributed by atoms with Crippen molar-refractivity contribution in [2.24, 2.45) is 0 Å². The van der Waals surface area contributed by atoms with Gasteiger partial charge in [0.2, 0.25) is 0 Å². The number of nitrogens with zero attached hydrogens (tertiary/aromatic N) is 2. The number of carboxylic acids is 1. The van der Waals surface area contributed by atoms with Crippen LogP contribution in [0.3, 0.4) is 0 Å². The second kappa shape index (κ2) is 4.97. The van der Waals surface area contributed by atoms with E-state index in [-0.39, 0.29) is 11.4 Å². The fraction of sp³-hybridized carbons (Fsp3) is 0.286. The maximum Gasteiger partial charge on any atom is 0.354 e. The van der Waals surface area contributed by atoms with Crippen molar-refractivity contribution in [2.45, 2.75) is 0 Å². The fourth-order valence-electron chi connectivity index (χ4n) is 2.49. The van der Waals surface area contributed by atoms with Crippen molar-refractivity contribution in [2.75, 3.05) is 31.1 Å². The Kier molecular flexibility index (Phi) is 3.15. The lowest BCUT2D eigenvalue weighted by atomic mass is 10.1. The second-order valence-corrected chi connectivity index (χ2v) is 4.74. The average Bonchev–Trinajstić information content (AvgIpc) is 2.47. The molecular formula is C14H15N3O3. The van der Waals surface area contributed by atoms with Crippen LogP contribution < -0.4 is 10.2 Å². The molecule has 104 valence electrons. The number of carbonyl (C=O) groups is 1. The molecule has 1 saturated heterocycles. The molecule has 0 atom stereocenters. The Morgan fingerprint density at radius 1 is 1.30 bits per heavy atom. The van der Waals surface area contributed by atoms with E-state index in [9.17, 15) is 9.90 Å². The molecule has 0 bridgehead atoms. The minimum Gasteiger partial charge on any atom is -0.507 e. The van der Waals surface area contributed by atoms with Gasteiger partial charge in [-0.3, -0.25) is 0 Å². The van der Waals surface area contributed by atoms with Crippen LogP contribution in [0.5, 0.6) is 5.75 Å². The molecule has 0 saturated carbocycles. The normalized spacial score (nSPS) is 15.5. The highest BCUT2D eigenvalue weighted by atomic mass is 16.4. The molecule has 0 amide bonds. The molecule has 1 aliphatic rings. The van der Waals surface area contributed by atoms with Crippen molar-refractivity contribution < 1.29 is 15.0 Å². The van der Waals surface area contributed by atoms with Gasteiger partial charge in [-0.05, 0) is 12.1 Å². The molecular weight excluding hydrogens is 258 g/mol. The van der Waals surface area contributed by atoms with E-state index in [2.05, 4.69) is 15.2 Å². The zero-order valence-corrected chi connectivity index (χ0v) is 10.8. The van der Waals surface area contributed by atoms with Crippen LogP contribution in [-0.4, -0.2) is 47.3 Å². The van der Waals surface area contributed by atoms with E-state index in [0.29, 0.717) is 10.9 Å². The first-order valence-corrected chi connectivity index (χ1v) is 6.48. The summed E-state index contributed by atoms with van der Waals surface area (Å²) in [6, 6.07) is 6.69. The Labute approximate surface area is 115 Å². The number of aromatic carboxylic acids is 1. The number of piperazine rings is 1. The van der Waals surface area contributed by atoms with E-state index in [1.807, 2.05) is 12.1 Å². The summed E-state index contributed by atoms with van der Waals surface area (Å²) in [5.74, 6) is -1.19. The third-order valence-corrected chi connectivity index (χ3v) is 3.47. The van der Waals surface area contributed by atoms with E-state index < -0.39 is 5.97 Å². The van der Waals surface area contributed by atoms with Crippen molar-refractivity contribution in [1.82, 2.24) is 10.3 Å². The summed E-state index contributed by atoms with van der Waals surface area (Å²) >= 11 is 0. The Hall–Kier alpha value is -2.34. The largest absolute Gasteiger partial charge is 0.507 e. The number of aromatic nitrogens is 1. The molecule has 0 unspecified atom stereocenters. The van der Waals surface area contributed by atoms with Gasteiger partial charge in [-0.2, -0.15) is 0 Å². The summed E-state index contributed by atoms with van der Waals surface area (Å²) in [5, 5.41) is 22.9. The predicted molar refractivity (Wildman–Crippen MR) is 75.4 cm³/mol. The van der Waals surface area contributed by atoms with Gasteiger partial charge in [0.15, 0.2) is 5.69 Å². The number of anilines is 1. The quantitative estimate of drug-likeness (QED) is 0.758. The summed E-state index contributed by atoms with van der Waals surface area (Å²) < 4.78 is 0. The second-order valence-electron chi connectivity index (χ2n) is 4.74. The number of rotatable bonds is 2. The minimum absolute atomic E-state index is 0.0515. The molecule has 0 spiro atoms. The van der Waals surface area contributed by atoms with E-state index >= 15 is 0 Å². The highest BCUT2D eigenvalue weighted by Gasteiger charge is 2.17. The van der Waals surface area contributed by atoms with Crippen LogP contribution in [0.4, 0.5) is 5.69 Å². The fourth-order valence-corrected chi connectivity index (χ4v) is 2.49. The summed E-state index contributed by atoms with van der Waals surface area (Å²) in [6.45, 7) is 3.42. The van der Waals surface area contributed by atoms with Crippen LogP contribution in [-0.2, 0) is 0 Å². The molecule has 0 radical (unpaired) electrons. The third-order valence-electron chi connectivity index (χ3n) is 3.47. The zero-order chi connectivity index (χ0) is 14.1. The van der Waals surface area contributed by atoms with Crippen molar-refractivity contribution >= 4 is 22.6 Å². The summed E-state index contributed by atoms with van der Waals surface area (Å²) in [6.07, 6.45) is 0. The maximum atomic E-state index is 11.1. The van der Waals surface area contributed by atoms with Crippen LogP contribution >= 0.6 is 0 Å². The van der Waals surface area contributed by atoms with E-state index in [4.69, 9.17) is 5.11 Å². The van der Waals surface area contributed by atoms with Crippen molar-refractivity contribution in [1.29, 1.82) is 0 Å². The third kappa shape index (κ3) is 2.14. The van der Waals surface area contributed by atoms with Gasteiger partial charge in [-0.15, -0.1) is 0 Å². The Morgan fingerprint density at radius 3 is 2.75 bits per heavy atom. The first-order valence-electron chi connectivity index (χ1n) is 6.48. The monoisotopic (exact) mass is 273 g/mol. The van der Waals surface area contributed by atoms with Gasteiger partial charge < -0.3 is 20.4 Å². The van der Waals surface area contributed by atoms with Crippen molar-refractivity contribution in [3.63, 3.8) is 0 Å². The average molecular weight is 273 g/mol. The number of pyridine rings is 1. The van der Waals surface area contributed by atoms with Gasteiger partial charge in [0.1, 0.15) is 5.75 Å². The van der Waals surface area contributed by atoms with Crippen LogP contribution in [0, 0.1) is 0 Å². The highest BCUT2D eigenvalue weighted by molar-refractivity contribution is 5.98. The maximum absolute atomic E-state index is 11.1. The number of fused-ring (bicyclic) bond motifs is 1. The topological polar surface area (TPSA) is 85.7 Å². The van der Waals surface area contributed by atoms with Crippen molar-refractivity contribution in [3.05, 3.63) is 30.0 Å². The van der Waals surface area contributed by atoms with Crippen molar-refractivity contribution in [3.8, 4) is 5.75 Å². The molecule has 0 aliphatic carbocycles. The minimum atomic E-state index is -1.14. The standard InChI is InChI=1S/C14H15N3O3/c18-12-8-10(14(19)20)16-13-9(12)2-1-3-11(13)17-6-4-15-5-7-17/h1-3,8,15H,4-7H2,(H,16,18)(H,19,20). The molecule has 1 aromatic carbocycles. The predicted octanol–water partition coefficient (Wildman–Crippen LogP) is 1.05. The number of carboxylic acid groups (broad SMARTS) is 1. The lowest BCUT2D eigenvalue weighted by molar-refractivity contribution is 0.0690. The molecule has 2 aromatic rings. The molecule has 3 N–H and O–H groups in total. The molecule has 6 heteroatoms. The van der Waals surface area contributed by atoms with Gasteiger partial charge in [0.25, 0.3) is 0 Å². The molecule has 1 aromatic heterocycles. The van der Waals surface area contributed by atoms with Gasteiger partial charge >= 0.3 is 5.97 Å². The van der Waals surface area contributed by atoms with E-state index in [1.165, 1.54) is 6.07 Å². The molecule has 6 nitrogen and oxygen atoms in total. The molecule has 2 heterocycles. The molecule has 1 fully saturated rings. The number of hydrogen-bond acceptors (Lipinski definition) is 5. The number of nitrogens with one attached hydrogen (secondary N) is 1. The number of hydrogen-bond donors (Lipinski definition) is 3. The number of para-hydroxylation sites is 1. The highest BCUT2D eigenvalue weighted by Crippen LogP contribution is 2.31. The van der Waals surface area contributed by atoms with Crippen LogP contribution in [0.25, 0.3) is 10.9 Å². The SMILES string of the molecule is O=C(O)c1cc(O)c2cccc(N3CCNCC3)c2n1. The lowest BCUT2D eigenvalue weighted by Crippen LogP contribution is -2.43. The first-order chi connectivity index (χ1) is 9.66. The smallest absolute Gasteiger partial charge is 0.354 e. The summed E-state index contributed by atoms with van der Waals surface area (Å²) in [5.41, 5.74) is 1.26. The van der Waals surface area contributed by atoms with Crippen LogP contribution in [0.2, 0.25) is 0 Å². The summed E-state index contributed by atoms with van der Waals surface area (Å²) in [4.78, 5) is 17.4. The number of benzene rings is 1. The van der Waals surface area contributed by atoms with Gasteiger partial charge in [-0.1, -0.05) is 6.07 Å². The molecule has 1 aliphatic heterocycles. The van der Waals surface area contributed by atoms with Gasteiger partial charge in [0.05, 0.1) is 11.2 Å². The number of aromatic hydroxyl groups is 1. The first kappa shape index (κ1) is 12.7. The zero-order valence-electron chi connectivity index (χ0n) is 10.8. The molecule has 3 rings (SSSR count). The van der Waals surface area contributed by atoms with Gasteiger partial charge in [0, 0.05) is 37.6 Å². The lowest BCUT2D eigenvalue weighted by Gasteiger charge is -2.30. The Bertz CT molecular complexity index is 666. The van der Waals surface area contributed by atoms with Crippen LogP contribution in [0.1, 0.15) is 10.5 Å². The van der Waals surface area contributed by atoms with E-state index in [1.54, 1.807) is 6.07 Å².